The number of anilines is 2. The average Bonchev–Trinajstić information content (AvgIpc) is 3.47. The van der Waals surface area contributed by atoms with Crippen LogP contribution in [0.5, 0.6) is 0 Å². The van der Waals surface area contributed by atoms with E-state index in [0.29, 0.717) is 35.7 Å². The predicted molar refractivity (Wildman–Crippen MR) is 104 cm³/mol. The molecule has 1 aliphatic carbocycles. The topological polar surface area (TPSA) is 87.4 Å². The number of hydrogen-bond acceptors (Lipinski definition) is 6. The SMILES string of the molecule is C[C@@H](Nc1ncc2c(n1)NCC=C2c1cc(F)c2ncc(CO)n2c1)C1CC1. The van der Waals surface area contributed by atoms with E-state index >= 15 is 0 Å². The summed E-state index contributed by atoms with van der Waals surface area (Å²) in [6, 6.07) is 1.82. The maximum Gasteiger partial charge on any atom is 0.224 e. The highest BCUT2D eigenvalue weighted by Crippen LogP contribution is 2.35. The van der Waals surface area contributed by atoms with Crippen molar-refractivity contribution in [1.29, 1.82) is 0 Å². The zero-order valence-corrected chi connectivity index (χ0v) is 15.5. The normalized spacial score (nSPS) is 17.0. The van der Waals surface area contributed by atoms with Gasteiger partial charge in [0.15, 0.2) is 11.5 Å². The first-order valence-electron chi connectivity index (χ1n) is 9.48. The minimum absolute atomic E-state index is 0.201. The number of pyridine rings is 1. The van der Waals surface area contributed by atoms with Crippen LogP contribution in [-0.4, -0.2) is 37.0 Å². The summed E-state index contributed by atoms with van der Waals surface area (Å²) in [5.41, 5.74) is 3.10. The van der Waals surface area contributed by atoms with Gasteiger partial charge in [0.1, 0.15) is 5.82 Å². The van der Waals surface area contributed by atoms with E-state index in [1.54, 1.807) is 16.8 Å². The lowest BCUT2D eigenvalue weighted by atomic mass is 9.98. The van der Waals surface area contributed by atoms with Gasteiger partial charge in [0.25, 0.3) is 0 Å². The molecule has 28 heavy (non-hydrogen) atoms. The third kappa shape index (κ3) is 2.90. The quantitative estimate of drug-likeness (QED) is 0.631. The molecule has 7 nitrogen and oxygen atoms in total. The summed E-state index contributed by atoms with van der Waals surface area (Å²) in [7, 11) is 0. The fraction of sp³-hybridized carbons (Fsp3) is 0.350. The molecule has 1 aliphatic heterocycles. The zero-order valence-electron chi connectivity index (χ0n) is 15.5. The fourth-order valence-electron chi connectivity index (χ4n) is 3.69. The molecule has 0 amide bonds. The van der Waals surface area contributed by atoms with Crippen LogP contribution in [0.1, 0.15) is 36.6 Å². The van der Waals surface area contributed by atoms with Crippen LogP contribution in [0.4, 0.5) is 16.2 Å². The van der Waals surface area contributed by atoms with Crippen molar-refractivity contribution in [2.24, 2.45) is 5.92 Å². The van der Waals surface area contributed by atoms with E-state index in [9.17, 15) is 9.50 Å². The maximum absolute atomic E-state index is 14.6. The Bertz CT molecular complexity index is 1090. The van der Waals surface area contributed by atoms with E-state index in [0.717, 1.165) is 17.0 Å². The van der Waals surface area contributed by atoms with Gasteiger partial charge >= 0.3 is 0 Å². The van der Waals surface area contributed by atoms with Crippen LogP contribution in [0.2, 0.25) is 0 Å². The van der Waals surface area contributed by atoms with Crippen LogP contribution in [0.3, 0.4) is 0 Å². The van der Waals surface area contributed by atoms with E-state index < -0.39 is 5.82 Å². The van der Waals surface area contributed by atoms with E-state index in [1.807, 2.05) is 6.08 Å². The molecule has 8 heteroatoms. The number of aromatic nitrogens is 4. The number of hydrogen-bond donors (Lipinski definition) is 3. The van der Waals surface area contributed by atoms with Gasteiger partial charge < -0.3 is 15.7 Å². The second kappa shape index (κ2) is 6.56. The lowest BCUT2D eigenvalue weighted by Crippen LogP contribution is -2.20. The highest BCUT2D eigenvalue weighted by molar-refractivity contribution is 5.87. The average molecular weight is 380 g/mol. The van der Waals surface area contributed by atoms with E-state index in [2.05, 4.69) is 32.5 Å². The Morgan fingerprint density at radius 3 is 3.00 bits per heavy atom. The minimum Gasteiger partial charge on any atom is -0.390 e. The van der Waals surface area contributed by atoms with Crippen molar-refractivity contribution in [1.82, 2.24) is 19.4 Å². The van der Waals surface area contributed by atoms with Crippen molar-refractivity contribution < 1.29 is 9.50 Å². The van der Waals surface area contributed by atoms with Crippen molar-refractivity contribution >= 4 is 23.0 Å². The second-order valence-corrected chi connectivity index (χ2v) is 7.40. The summed E-state index contributed by atoms with van der Waals surface area (Å²) in [4.78, 5) is 13.1. The van der Waals surface area contributed by atoms with Crippen LogP contribution in [-0.2, 0) is 6.61 Å². The number of nitrogens with zero attached hydrogens (tertiary/aromatic N) is 4. The Balaban J connectivity index is 1.52. The molecule has 4 heterocycles. The van der Waals surface area contributed by atoms with Crippen molar-refractivity contribution in [3.8, 4) is 0 Å². The van der Waals surface area contributed by atoms with E-state index in [1.165, 1.54) is 25.1 Å². The van der Waals surface area contributed by atoms with Crippen molar-refractivity contribution in [2.75, 3.05) is 17.2 Å². The monoisotopic (exact) mass is 380 g/mol. The van der Waals surface area contributed by atoms with Crippen LogP contribution in [0.25, 0.3) is 11.2 Å². The number of rotatable bonds is 5. The highest BCUT2D eigenvalue weighted by atomic mass is 19.1. The second-order valence-electron chi connectivity index (χ2n) is 7.40. The first-order valence-corrected chi connectivity index (χ1v) is 9.48. The molecule has 0 aromatic carbocycles. The Hall–Kier alpha value is -3.00. The number of halogens is 1. The third-order valence-electron chi connectivity index (χ3n) is 5.45. The van der Waals surface area contributed by atoms with Gasteiger partial charge in [0.2, 0.25) is 5.95 Å². The number of imidazole rings is 1. The lowest BCUT2D eigenvalue weighted by molar-refractivity contribution is 0.275. The zero-order chi connectivity index (χ0) is 19.3. The van der Waals surface area contributed by atoms with Gasteiger partial charge in [-0.05, 0) is 37.3 Å². The van der Waals surface area contributed by atoms with Crippen LogP contribution in [0, 0.1) is 11.7 Å². The van der Waals surface area contributed by atoms with Gasteiger partial charge in [-0.3, -0.25) is 4.40 Å². The molecular formula is C20H21FN6O. The van der Waals surface area contributed by atoms with E-state index in [-0.39, 0.29) is 12.3 Å². The molecule has 3 aromatic rings. The fourth-order valence-corrected chi connectivity index (χ4v) is 3.69. The first-order chi connectivity index (χ1) is 13.6. The summed E-state index contributed by atoms with van der Waals surface area (Å²) in [5, 5.41) is 16.1. The smallest absolute Gasteiger partial charge is 0.224 e. The van der Waals surface area contributed by atoms with Gasteiger partial charge in [-0.25, -0.2) is 14.4 Å². The summed E-state index contributed by atoms with van der Waals surface area (Å²) in [5.74, 6) is 1.60. The lowest BCUT2D eigenvalue weighted by Gasteiger charge is -2.20. The molecule has 0 spiro atoms. The van der Waals surface area contributed by atoms with Crippen molar-refractivity contribution in [3.63, 3.8) is 0 Å². The standard InChI is InChI=1S/C20H21FN6O/c1-11(12-2-3-12)25-20-24-8-16-15(4-5-22-18(16)26-20)13-6-17(21)19-23-7-14(10-28)27(19)9-13/h4,6-9,11-12,28H,2-3,5,10H2,1H3,(H2,22,24,25,26)/t11-/m1/s1. The minimum atomic E-state index is -0.435. The molecule has 3 N–H and O–H groups in total. The molecule has 1 saturated carbocycles. The number of aliphatic hydroxyl groups excluding tert-OH is 1. The Kier molecular flexibility index (Phi) is 4.01. The molecule has 144 valence electrons. The molecule has 3 aromatic heterocycles. The van der Waals surface area contributed by atoms with Crippen molar-refractivity contribution in [2.45, 2.75) is 32.4 Å². The molecule has 2 aliphatic rings. The van der Waals surface area contributed by atoms with Gasteiger partial charge in [-0.15, -0.1) is 0 Å². The Labute approximate surface area is 161 Å². The first kappa shape index (κ1) is 17.1. The van der Waals surface area contributed by atoms with Gasteiger partial charge in [-0.2, -0.15) is 4.98 Å². The number of aliphatic hydroxyl groups is 1. The number of fused-ring (bicyclic) bond motifs is 2. The maximum atomic E-state index is 14.6. The molecule has 0 unspecified atom stereocenters. The molecule has 0 radical (unpaired) electrons. The summed E-state index contributed by atoms with van der Waals surface area (Å²) in [6.07, 6.45) is 9.53. The molecular weight excluding hydrogens is 359 g/mol. The van der Waals surface area contributed by atoms with Crippen LogP contribution in [0.15, 0.2) is 30.7 Å². The van der Waals surface area contributed by atoms with Crippen molar-refractivity contribution in [3.05, 3.63) is 53.4 Å². The van der Waals surface area contributed by atoms with Gasteiger partial charge in [0, 0.05) is 36.1 Å². The van der Waals surface area contributed by atoms with Gasteiger partial charge in [-0.1, -0.05) is 6.08 Å². The summed E-state index contributed by atoms with van der Waals surface area (Å²) in [6.45, 7) is 2.53. The molecule has 1 fully saturated rings. The largest absolute Gasteiger partial charge is 0.390 e. The summed E-state index contributed by atoms with van der Waals surface area (Å²) < 4.78 is 16.2. The van der Waals surface area contributed by atoms with Gasteiger partial charge in [0.05, 0.1) is 18.5 Å². The Morgan fingerprint density at radius 1 is 1.36 bits per heavy atom. The molecule has 5 rings (SSSR count). The number of nitrogens with one attached hydrogen (secondary N) is 2. The molecule has 0 bridgehead atoms. The van der Waals surface area contributed by atoms with Crippen LogP contribution >= 0.6 is 0 Å². The predicted octanol–water partition coefficient (Wildman–Crippen LogP) is 2.82. The summed E-state index contributed by atoms with van der Waals surface area (Å²) >= 11 is 0. The molecule has 0 saturated heterocycles. The molecule has 1 atom stereocenters. The Morgan fingerprint density at radius 2 is 2.21 bits per heavy atom. The highest BCUT2D eigenvalue weighted by Gasteiger charge is 2.28. The van der Waals surface area contributed by atoms with Crippen LogP contribution < -0.4 is 10.6 Å². The van der Waals surface area contributed by atoms with E-state index in [4.69, 9.17) is 0 Å². The third-order valence-corrected chi connectivity index (χ3v) is 5.45.